The lowest BCUT2D eigenvalue weighted by atomic mass is 9.81. The van der Waals surface area contributed by atoms with Crippen LogP contribution in [0.3, 0.4) is 0 Å². The fraction of sp³-hybridized carbons (Fsp3) is 0.324. The predicted octanol–water partition coefficient (Wildman–Crippen LogP) is 5.95. The van der Waals surface area contributed by atoms with Crippen molar-refractivity contribution in [3.63, 3.8) is 0 Å². The molecule has 5 heterocycles. The molecular weight excluding hydrogens is 570 g/mol. The maximum Gasteiger partial charge on any atom is 0.410 e. The topological polar surface area (TPSA) is 97.3 Å². The van der Waals surface area contributed by atoms with E-state index >= 15 is 0 Å². The molecule has 7 rings (SSSR count). The molecule has 11 nitrogen and oxygen atoms in total. The Morgan fingerprint density at radius 2 is 1.80 bits per heavy atom. The third-order valence-electron chi connectivity index (χ3n) is 8.46. The van der Waals surface area contributed by atoms with E-state index in [1.165, 1.54) is 9.80 Å². The van der Waals surface area contributed by atoms with Crippen molar-refractivity contribution in [1.82, 2.24) is 23.9 Å². The van der Waals surface area contributed by atoms with Crippen LogP contribution < -0.4 is 4.90 Å². The van der Waals surface area contributed by atoms with Crippen LogP contribution in [-0.4, -0.2) is 73.7 Å². The summed E-state index contributed by atoms with van der Waals surface area (Å²) in [4.78, 5) is 51.8. The third kappa shape index (κ3) is 5.02. The van der Waals surface area contributed by atoms with E-state index in [9.17, 15) is 14.4 Å². The quantitative estimate of drug-likeness (QED) is 0.187. The highest BCUT2D eigenvalue weighted by Crippen LogP contribution is 2.37. The average molecular weight is 604 g/mol. The molecular formula is C34H33N7O4. The Kier molecular flexibility index (Phi) is 6.37. The standard InChI is InChI=1S/C34H33N7O4/c1-33(2,3)45-32(44)38-19-34(4,20-38)21-41-29(42)18-40(31(41)43)26-10-11-27-24(14-26)17-37-16-23(22-6-8-25(35-5)9-7-22)15-28(37)30-36-12-13-39(27)30/h6-16H,17-21H2,1-4H3. The van der Waals surface area contributed by atoms with Crippen molar-refractivity contribution in [3.8, 4) is 28.3 Å². The number of imidazole rings is 1. The number of hydrogen-bond donors (Lipinski definition) is 0. The first-order valence-electron chi connectivity index (χ1n) is 14.9. The van der Waals surface area contributed by atoms with Crippen LogP contribution in [0.15, 0.2) is 67.1 Å². The molecule has 4 aromatic rings. The van der Waals surface area contributed by atoms with Crippen LogP contribution in [0.25, 0.3) is 33.2 Å². The van der Waals surface area contributed by atoms with E-state index in [4.69, 9.17) is 11.3 Å². The fourth-order valence-corrected chi connectivity index (χ4v) is 6.40. The number of benzene rings is 2. The van der Waals surface area contributed by atoms with Gasteiger partial charge in [0.25, 0.3) is 5.91 Å². The molecule has 0 radical (unpaired) electrons. The normalized spacial score (nSPS) is 16.8. The first-order valence-corrected chi connectivity index (χ1v) is 14.9. The Morgan fingerprint density at radius 1 is 1.04 bits per heavy atom. The van der Waals surface area contributed by atoms with Gasteiger partial charge in [0.2, 0.25) is 0 Å². The van der Waals surface area contributed by atoms with E-state index in [2.05, 4.69) is 26.7 Å². The molecule has 3 aliphatic rings. The highest BCUT2D eigenvalue weighted by Gasteiger charge is 2.48. The molecule has 228 valence electrons. The van der Waals surface area contributed by atoms with Crippen molar-refractivity contribution in [1.29, 1.82) is 0 Å². The molecule has 0 bridgehead atoms. The monoisotopic (exact) mass is 603 g/mol. The molecule has 3 aliphatic heterocycles. The van der Waals surface area contributed by atoms with Crippen LogP contribution in [-0.2, 0) is 16.1 Å². The largest absolute Gasteiger partial charge is 0.444 e. The van der Waals surface area contributed by atoms with Gasteiger partial charge in [-0.1, -0.05) is 31.2 Å². The van der Waals surface area contributed by atoms with Crippen molar-refractivity contribution < 1.29 is 19.1 Å². The molecule has 2 fully saturated rings. The Bertz CT molecular complexity index is 1900. The molecule has 0 saturated carbocycles. The zero-order valence-corrected chi connectivity index (χ0v) is 25.6. The van der Waals surface area contributed by atoms with Gasteiger partial charge in [0, 0.05) is 61.4 Å². The molecule has 2 aromatic carbocycles. The number of fused-ring (bicyclic) bond motifs is 5. The second-order valence-corrected chi connectivity index (χ2v) is 13.3. The summed E-state index contributed by atoms with van der Waals surface area (Å²) >= 11 is 0. The molecule has 0 aliphatic carbocycles. The summed E-state index contributed by atoms with van der Waals surface area (Å²) in [6.07, 6.45) is 5.38. The van der Waals surface area contributed by atoms with E-state index in [0.717, 1.165) is 33.9 Å². The number of carbonyl (C=O) groups excluding carboxylic acids is 3. The van der Waals surface area contributed by atoms with Gasteiger partial charge in [-0.2, -0.15) is 0 Å². The molecule has 0 atom stereocenters. The summed E-state index contributed by atoms with van der Waals surface area (Å²) in [5.74, 6) is 0.545. The Morgan fingerprint density at radius 3 is 2.51 bits per heavy atom. The van der Waals surface area contributed by atoms with Gasteiger partial charge >= 0.3 is 12.1 Å². The number of aromatic nitrogens is 3. The van der Waals surface area contributed by atoms with E-state index in [1.807, 2.05) is 80.9 Å². The second kappa shape index (κ2) is 10.1. The summed E-state index contributed by atoms with van der Waals surface area (Å²) in [5, 5.41) is 0. The van der Waals surface area contributed by atoms with E-state index in [0.29, 0.717) is 31.0 Å². The van der Waals surface area contributed by atoms with E-state index in [-0.39, 0.29) is 31.1 Å². The third-order valence-corrected chi connectivity index (χ3v) is 8.46. The number of imide groups is 1. The number of ether oxygens (including phenoxy) is 1. The number of hydrogen-bond acceptors (Lipinski definition) is 5. The van der Waals surface area contributed by atoms with Gasteiger partial charge in [0.15, 0.2) is 11.5 Å². The lowest BCUT2D eigenvalue weighted by molar-refractivity contribution is -0.127. The van der Waals surface area contributed by atoms with Gasteiger partial charge in [-0.3, -0.25) is 19.2 Å². The summed E-state index contributed by atoms with van der Waals surface area (Å²) in [6, 6.07) is 15.1. The van der Waals surface area contributed by atoms with Gasteiger partial charge in [-0.15, -0.1) is 0 Å². The van der Waals surface area contributed by atoms with Gasteiger partial charge in [-0.25, -0.2) is 19.4 Å². The highest BCUT2D eigenvalue weighted by molar-refractivity contribution is 6.12. The van der Waals surface area contributed by atoms with Crippen molar-refractivity contribution in [2.75, 3.05) is 31.1 Å². The predicted molar refractivity (Wildman–Crippen MR) is 168 cm³/mol. The summed E-state index contributed by atoms with van der Waals surface area (Å²) < 4.78 is 9.65. The van der Waals surface area contributed by atoms with Crippen molar-refractivity contribution in [2.24, 2.45) is 5.41 Å². The Labute approximate surface area is 261 Å². The molecule has 11 heteroatoms. The van der Waals surface area contributed by atoms with Crippen molar-refractivity contribution in [2.45, 2.75) is 39.8 Å². The molecule has 2 aromatic heterocycles. The van der Waals surface area contributed by atoms with Crippen LogP contribution in [0, 0.1) is 12.0 Å². The molecule has 4 amide bonds. The fourth-order valence-electron chi connectivity index (χ4n) is 6.40. The summed E-state index contributed by atoms with van der Waals surface area (Å²) in [5.41, 5.74) is 5.16. The summed E-state index contributed by atoms with van der Waals surface area (Å²) in [6.45, 7) is 16.2. The number of amides is 4. The highest BCUT2D eigenvalue weighted by atomic mass is 16.6. The SMILES string of the molecule is [C-]#[N+]c1ccc(-c2cc3n(c2)Cc2cc(N4CC(=O)N(CC5(C)CN(C(=O)OC(C)(C)C)C5)C4=O)ccc2-n2ccnc2-3)cc1. The van der Waals surface area contributed by atoms with Gasteiger partial charge in [0.05, 0.1) is 18.0 Å². The number of likely N-dealkylation sites (tertiary alicyclic amines) is 1. The Balaban J connectivity index is 1.12. The number of urea groups is 1. The first-order chi connectivity index (χ1) is 21.4. The van der Waals surface area contributed by atoms with Gasteiger partial charge in [0.1, 0.15) is 12.1 Å². The average Bonchev–Trinajstić information content (AvgIpc) is 3.67. The van der Waals surface area contributed by atoms with Crippen LogP contribution in [0.1, 0.15) is 33.3 Å². The van der Waals surface area contributed by atoms with Crippen LogP contribution >= 0.6 is 0 Å². The molecule has 0 N–H and O–H groups in total. The minimum atomic E-state index is -0.588. The number of anilines is 1. The molecule has 0 spiro atoms. The number of carbonyl (C=O) groups is 3. The van der Waals surface area contributed by atoms with Crippen LogP contribution in [0.5, 0.6) is 0 Å². The minimum absolute atomic E-state index is 0.0423. The first kappa shape index (κ1) is 28.4. The lowest BCUT2D eigenvalue weighted by Gasteiger charge is -2.48. The minimum Gasteiger partial charge on any atom is -0.444 e. The zero-order chi connectivity index (χ0) is 31.7. The van der Waals surface area contributed by atoms with Crippen LogP contribution in [0.2, 0.25) is 0 Å². The van der Waals surface area contributed by atoms with Gasteiger partial charge in [-0.05, 0) is 56.2 Å². The number of rotatable bonds is 4. The molecule has 45 heavy (non-hydrogen) atoms. The van der Waals surface area contributed by atoms with E-state index in [1.54, 1.807) is 11.1 Å². The number of nitrogens with zero attached hydrogens (tertiary/aromatic N) is 7. The van der Waals surface area contributed by atoms with E-state index < -0.39 is 11.0 Å². The Hall–Kier alpha value is -5.37. The van der Waals surface area contributed by atoms with Crippen molar-refractivity contribution in [3.05, 3.63) is 84.1 Å². The smallest absolute Gasteiger partial charge is 0.410 e. The van der Waals surface area contributed by atoms with Crippen molar-refractivity contribution >= 4 is 29.4 Å². The molecule has 0 unspecified atom stereocenters. The second-order valence-electron chi connectivity index (χ2n) is 13.3. The maximum absolute atomic E-state index is 13.6. The summed E-state index contributed by atoms with van der Waals surface area (Å²) in [7, 11) is 0. The lowest BCUT2D eigenvalue weighted by Crippen LogP contribution is -2.62. The van der Waals surface area contributed by atoms with Crippen LogP contribution in [0.4, 0.5) is 21.0 Å². The zero-order valence-electron chi connectivity index (χ0n) is 25.6. The molecule has 2 saturated heterocycles. The van der Waals surface area contributed by atoms with Gasteiger partial charge < -0.3 is 14.2 Å². The maximum atomic E-state index is 13.6.